The molecule has 2 amide bonds. The van der Waals surface area contributed by atoms with E-state index in [0.717, 1.165) is 0 Å². The standard InChI is InChI=1S/C34H38ClF6N9O3/c1-3-24-14-25(19-49(24)28-27(35)17-45-31(46-28)47-8-5-21(6-9-47)29(51)53-4-2)50(30-43-15-26(16-44-30)48-10-7-42-32(48)52)18-20-11-22(33(36,37)38)13-23(12-20)34(39,40)41/h11-13,15-17,21,24-25H,3-10,14,18-19H2,1-2H3,(H,42,52)/t24-,25+/m1/s1. The Kier molecular flexibility index (Phi) is 11.1. The summed E-state index contributed by atoms with van der Waals surface area (Å²) in [7, 11) is 0. The molecule has 6 rings (SSSR count). The van der Waals surface area contributed by atoms with Gasteiger partial charge in [-0.25, -0.2) is 19.7 Å². The van der Waals surface area contributed by atoms with Crippen LogP contribution < -0.4 is 24.9 Å². The molecular weight excluding hydrogens is 732 g/mol. The zero-order valence-electron chi connectivity index (χ0n) is 28.9. The van der Waals surface area contributed by atoms with E-state index in [4.69, 9.17) is 21.3 Å². The van der Waals surface area contributed by atoms with Gasteiger partial charge in [0.1, 0.15) is 5.02 Å². The third kappa shape index (κ3) is 8.47. The number of piperidine rings is 1. The molecule has 1 aromatic carbocycles. The number of hydrogen-bond donors (Lipinski definition) is 1. The van der Waals surface area contributed by atoms with Gasteiger partial charge in [-0.3, -0.25) is 9.69 Å². The zero-order valence-corrected chi connectivity index (χ0v) is 29.7. The van der Waals surface area contributed by atoms with Crippen LogP contribution in [0, 0.1) is 5.92 Å². The molecule has 0 bridgehead atoms. The minimum atomic E-state index is -5.03. The largest absolute Gasteiger partial charge is 0.466 e. The van der Waals surface area contributed by atoms with Gasteiger partial charge in [-0.1, -0.05) is 18.5 Å². The minimum absolute atomic E-state index is 0.0555. The average molecular weight is 770 g/mol. The molecule has 0 saturated carbocycles. The number of hydrogen-bond acceptors (Lipinski definition) is 10. The molecule has 1 N–H and O–H groups in total. The Morgan fingerprint density at radius 2 is 1.64 bits per heavy atom. The summed E-state index contributed by atoms with van der Waals surface area (Å²) in [4.78, 5) is 49.6. The number of benzene rings is 1. The van der Waals surface area contributed by atoms with Gasteiger partial charge in [0.15, 0.2) is 5.82 Å². The number of carbonyl (C=O) groups excluding carboxylic acids is 2. The molecule has 3 aliphatic heterocycles. The number of alkyl halides is 6. The Bertz CT molecular complexity index is 1760. The topological polar surface area (TPSA) is 120 Å². The second-order valence-electron chi connectivity index (χ2n) is 13.1. The molecule has 2 atom stereocenters. The summed E-state index contributed by atoms with van der Waals surface area (Å²) in [6, 6.07) is 0.459. The SMILES string of the molecule is CCOC(=O)C1CCN(c2ncc(Cl)c(N3C[C@@H](N(Cc4cc(C(F)(F)F)cc(C(F)(F)F)c4)c4ncc(N5CCNC5=O)cn4)C[C@H]3CC)n2)CC1. The van der Waals surface area contributed by atoms with E-state index in [1.807, 2.05) is 16.7 Å². The molecule has 53 heavy (non-hydrogen) atoms. The second kappa shape index (κ2) is 15.4. The van der Waals surface area contributed by atoms with Gasteiger partial charge in [0.05, 0.1) is 54.0 Å². The van der Waals surface area contributed by atoms with Gasteiger partial charge in [-0.05, 0) is 56.4 Å². The van der Waals surface area contributed by atoms with Crippen molar-refractivity contribution >= 4 is 47.0 Å². The Labute approximate surface area is 306 Å². The number of rotatable bonds is 10. The van der Waals surface area contributed by atoms with Crippen LogP contribution in [-0.2, 0) is 28.4 Å². The molecule has 12 nitrogen and oxygen atoms in total. The maximum absolute atomic E-state index is 13.8. The molecule has 3 fully saturated rings. The van der Waals surface area contributed by atoms with Crippen LogP contribution in [0.4, 0.5) is 54.5 Å². The van der Waals surface area contributed by atoms with E-state index in [2.05, 4.69) is 20.3 Å². The summed E-state index contributed by atoms with van der Waals surface area (Å²) >= 11 is 6.69. The first-order chi connectivity index (χ1) is 25.2. The van der Waals surface area contributed by atoms with E-state index in [-0.39, 0.29) is 59.7 Å². The molecule has 0 radical (unpaired) electrons. The third-order valence-electron chi connectivity index (χ3n) is 9.74. The van der Waals surface area contributed by atoms with Crippen LogP contribution in [0.3, 0.4) is 0 Å². The lowest BCUT2D eigenvalue weighted by Gasteiger charge is -2.32. The number of ether oxygens (including phenoxy) is 1. The summed E-state index contributed by atoms with van der Waals surface area (Å²) in [5, 5.41) is 2.94. The first kappa shape index (κ1) is 38.1. The van der Waals surface area contributed by atoms with Gasteiger partial charge in [0.25, 0.3) is 0 Å². The van der Waals surface area contributed by atoms with Crippen molar-refractivity contribution in [1.82, 2.24) is 25.3 Å². The molecule has 3 aliphatic rings. The van der Waals surface area contributed by atoms with E-state index in [1.165, 1.54) is 23.5 Å². The van der Waals surface area contributed by atoms with Gasteiger partial charge >= 0.3 is 24.4 Å². The maximum atomic E-state index is 13.8. The van der Waals surface area contributed by atoms with Crippen molar-refractivity contribution in [3.63, 3.8) is 0 Å². The molecule has 3 aromatic rings. The smallest absolute Gasteiger partial charge is 0.416 e. The van der Waals surface area contributed by atoms with Crippen LogP contribution in [-0.4, -0.2) is 83.4 Å². The Morgan fingerprint density at radius 3 is 2.21 bits per heavy atom. The van der Waals surface area contributed by atoms with E-state index in [9.17, 15) is 35.9 Å². The predicted molar refractivity (Wildman–Crippen MR) is 184 cm³/mol. The summed E-state index contributed by atoms with van der Waals surface area (Å²) in [5.74, 6) is 0.437. The Hall–Kier alpha value is -4.61. The number of amides is 2. The van der Waals surface area contributed by atoms with Crippen molar-refractivity contribution in [2.45, 2.75) is 70.5 Å². The average Bonchev–Trinajstić information content (AvgIpc) is 3.76. The van der Waals surface area contributed by atoms with Crippen LogP contribution in [0.25, 0.3) is 0 Å². The van der Waals surface area contributed by atoms with Crippen LogP contribution in [0.1, 0.15) is 56.2 Å². The highest BCUT2D eigenvalue weighted by atomic mass is 35.5. The van der Waals surface area contributed by atoms with E-state index < -0.39 is 29.5 Å². The number of nitrogens with one attached hydrogen (secondary N) is 1. The van der Waals surface area contributed by atoms with Gasteiger partial charge in [-0.2, -0.15) is 31.3 Å². The quantitative estimate of drug-likeness (QED) is 0.185. The number of halogens is 7. The van der Waals surface area contributed by atoms with Crippen molar-refractivity contribution in [1.29, 1.82) is 0 Å². The third-order valence-corrected chi connectivity index (χ3v) is 10.0. The van der Waals surface area contributed by atoms with Gasteiger partial charge < -0.3 is 24.8 Å². The number of urea groups is 1. The lowest BCUT2D eigenvalue weighted by Crippen LogP contribution is -2.39. The monoisotopic (exact) mass is 769 g/mol. The molecule has 3 saturated heterocycles. The van der Waals surface area contributed by atoms with Crippen molar-refractivity contribution in [3.8, 4) is 0 Å². The van der Waals surface area contributed by atoms with Gasteiger partial charge in [0.2, 0.25) is 11.9 Å². The number of esters is 1. The highest BCUT2D eigenvalue weighted by molar-refractivity contribution is 6.32. The van der Waals surface area contributed by atoms with Gasteiger partial charge in [-0.15, -0.1) is 0 Å². The number of carbonyl (C=O) groups is 2. The maximum Gasteiger partial charge on any atom is 0.416 e. The fourth-order valence-electron chi connectivity index (χ4n) is 7.03. The predicted octanol–water partition coefficient (Wildman–Crippen LogP) is 6.33. The highest BCUT2D eigenvalue weighted by Crippen LogP contribution is 2.39. The molecule has 5 heterocycles. The minimum Gasteiger partial charge on any atom is -0.466 e. The van der Waals surface area contributed by atoms with Crippen molar-refractivity contribution in [2.24, 2.45) is 5.92 Å². The molecule has 286 valence electrons. The highest BCUT2D eigenvalue weighted by Gasteiger charge is 2.40. The van der Waals surface area contributed by atoms with Crippen LogP contribution in [0.5, 0.6) is 0 Å². The van der Waals surface area contributed by atoms with E-state index in [1.54, 1.807) is 11.8 Å². The molecule has 19 heteroatoms. The van der Waals surface area contributed by atoms with Crippen molar-refractivity contribution < 1.29 is 40.7 Å². The Morgan fingerprint density at radius 1 is 0.981 bits per heavy atom. The normalized spacial score (nSPS) is 19.9. The van der Waals surface area contributed by atoms with Crippen LogP contribution in [0.15, 0.2) is 36.8 Å². The first-order valence-electron chi connectivity index (χ1n) is 17.3. The second-order valence-corrected chi connectivity index (χ2v) is 13.5. The molecular formula is C34H38ClF6N9O3. The lowest BCUT2D eigenvalue weighted by atomic mass is 9.97. The van der Waals surface area contributed by atoms with Crippen molar-refractivity contribution in [3.05, 3.63) is 58.5 Å². The fraction of sp³-hybridized carbons (Fsp3) is 0.529. The summed E-state index contributed by atoms with van der Waals surface area (Å²) in [6.45, 7) is 5.68. The lowest BCUT2D eigenvalue weighted by molar-refractivity contribution is -0.148. The van der Waals surface area contributed by atoms with E-state index >= 15 is 0 Å². The zero-order chi connectivity index (χ0) is 38.1. The first-order valence-corrected chi connectivity index (χ1v) is 17.7. The number of anilines is 4. The summed E-state index contributed by atoms with van der Waals surface area (Å²) in [5.41, 5.74) is -2.71. The molecule has 0 aliphatic carbocycles. The van der Waals surface area contributed by atoms with E-state index in [0.29, 0.717) is 88.1 Å². The summed E-state index contributed by atoms with van der Waals surface area (Å²) in [6.07, 6.45) is -3.61. The molecule has 0 unspecified atom stereocenters. The number of nitrogens with zero attached hydrogens (tertiary/aromatic N) is 8. The van der Waals surface area contributed by atoms with Crippen LogP contribution in [0.2, 0.25) is 5.02 Å². The number of aromatic nitrogens is 4. The molecule has 0 spiro atoms. The summed E-state index contributed by atoms with van der Waals surface area (Å²) < 4.78 is 88.3. The van der Waals surface area contributed by atoms with Gasteiger partial charge in [0, 0.05) is 45.3 Å². The van der Waals surface area contributed by atoms with Crippen LogP contribution >= 0.6 is 11.6 Å². The molecule has 2 aromatic heterocycles. The Balaban J connectivity index is 1.31. The van der Waals surface area contributed by atoms with Crippen molar-refractivity contribution in [2.75, 3.05) is 58.9 Å². The fourth-order valence-corrected chi connectivity index (χ4v) is 7.23.